The number of piperidine rings is 1. The highest BCUT2D eigenvalue weighted by Gasteiger charge is 2.34. The van der Waals surface area contributed by atoms with Crippen LogP contribution in [0.25, 0.3) is 0 Å². The van der Waals surface area contributed by atoms with E-state index < -0.39 is 0 Å². The number of carbonyl (C=O) groups is 1. The molecule has 0 radical (unpaired) electrons. The van der Waals surface area contributed by atoms with E-state index in [1.54, 1.807) is 0 Å². The number of ether oxygens (including phenoxy) is 1. The maximum absolute atomic E-state index is 12.5. The fourth-order valence-corrected chi connectivity index (χ4v) is 2.43. The molecular weight excluding hydrogens is 252 g/mol. The van der Waals surface area contributed by atoms with Crippen LogP contribution >= 0.6 is 0 Å². The molecule has 0 aromatic heterocycles. The molecule has 1 aliphatic heterocycles. The second-order valence-corrected chi connectivity index (χ2v) is 5.64. The molecule has 0 saturated carbocycles. The Morgan fingerprint density at radius 2 is 2.25 bits per heavy atom. The number of carbonyl (C=O) groups excluding carboxylic acids is 1. The van der Waals surface area contributed by atoms with Crippen LogP contribution in [0, 0.1) is 5.41 Å². The molecule has 1 fully saturated rings. The molecule has 1 amide bonds. The van der Waals surface area contributed by atoms with Gasteiger partial charge in [-0.15, -0.1) is 0 Å². The molecule has 0 aliphatic carbocycles. The summed E-state index contributed by atoms with van der Waals surface area (Å²) in [5, 5.41) is 6.32. The van der Waals surface area contributed by atoms with Crippen molar-refractivity contribution in [3.63, 3.8) is 0 Å². The van der Waals surface area contributed by atoms with Crippen LogP contribution in [0.1, 0.15) is 33.1 Å². The van der Waals surface area contributed by atoms with Crippen LogP contribution in [0.3, 0.4) is 0 Å². The molecule has 1 heterocycles. The van der Waals surface area contributed by atoms with E-state index in [2.05, 4.69) is 17.6 Å². The SMILES string of the molecule is CCCOc1ccccc1NC(=O)C1(C)CCCNC1. The van der Waals surface area contributed by atoms with Gasteiger partial charge < -0.3 is 15.4 Å². The van der Waals surface area contributed by atoms with Gasteiger partial charge in [0, 0.05) is 6.54 Å². The van der Waals surface area contributed by atoms with E-state index in [9.17, 15) is 4.79 Å². The van der Waals surface area contributed by atoms with E-state index in [1.807, 2.05) is 31.2 Å². The predicted octanol–water partition coefficient (Wildman–Crippen LogP) is 2.80. The minimum Gasteiger partial charge on any atom is -0.491 e. The molecule has 2 N–H and O–H groups in total. The summed E-state index contributed by atoms with van der Waals surface area (Å²) in [6.45, 7) is 6.47. The van der Waals surface area contributed by atoms with Crippen LogP contribution in [-0.2, 0) is 4.79 Å². The molecule has 110 valence electrons. The summed E-state index contributed by atoms with van der Waals surface area (Å²) in [6, 6.07) is 7.62. The van der Waals surface area contributed by atoms with Crippen LogP contribution in [0.5, 0.6) is 5.75 Å². The Labute approximate surface area is 120 Å². The molecule has 1 aromatic rings. The highest BCUT2D eigenvalue weighted by Crippen LogP contribution is 2.30. The lowest BCUT2D eigenvalue weighted by Gasteiger charge is -2.32. The highest BCUT2D eigenvalue weighted by atomic mass is 16.5. The minimum absolute atomic E-state index is 0.0669. The minimum atomic E-state index is -0.337. The van der Waals surface area contributed by atoms with Crippen LogP contribution in [0.15, 0.2) is 24.3 Å². The number of anilines is 1. The third-order valence-corrected chi connectivity index (χ3v) is 3.74. The maximum Gasteiger partial charge on any atom is 0.231 e. The Balaban J connectivity index is 2.07. The quantitative estimate of drug-likeness (QED) is 0.869. The number of para-hydroxylation sites is 2. The summed E-state index contributed by atoms with van der Waals surface area (Å²) < 4.78 is 5.68. The molecule has 1 saturated heterocycles. The molecule has 1 atom stereocenters. The van der Waals surface area contributed by atoms with Gasteiger partial charge in [0.1, 0.15) is 5.75 Å². The number of rotatable bonds is 5. The van der Waals surface area contributed by atoms with Gasteiger partial charge in [-0.2, -0.15) is 0 Å². The highest BCUT2D eigenvalue weighted by molar-refractivity contribution is 5.96. The van der Waals surface area contributed by atoms with Crippen molar-refractivity contribution in [1.29, 1.82) is 0 Å². The first-order valence-electron chi connectivity index (χ1n) is 7.40. The van der Waals surface area contributed by atoms with Crippen molar-refractivity contribution < 1.29 is 9.53 Å². The van der Waals surface area contributed by atoms with Gasteiger partial charge in [-0.05, 0) is 44.9 Å². The summed E-state index contributed by atoms with van der Waals surface area (Å²) in [4.78, 5) is 12.5. The Bertz CT molecular complexity index is 454. The first-order valence-corrected chi connectivity index (χ1v) is 7.40. The zero-order valence-electron chi connectivity index (χ0n) is 12.4. The summed E-state index contributed by atoms with van der Waals surface area (Å²) in [6.07, 6.45) is 2.91. The van der Waals surface area contributed by atoms with Gasteiger partial charge in [-0.25, -0.2) is 0 Å². The van der Waals surface area contributed by atoms with E-state index in [-0.39, 0.29) is 11.3 Å². The van der Waals surface area contributed by atoms with Gasteiger partial charge in [0.15, 0.2) is 0 Å². The molecule has 0 spiro atoms. The molecule has 1 unspecified atom stereocenters. The van der Waals surface area contributed by atoms with Gasteiger partial charge in [0.2, 0.25) is 5.91 Å². The van der Waals surface area contributed by atoms with Gasteiger partial charge >= 0.3 is 0 Å². The van der Waals surface area contributed by atoms with E-state index >= 15 is 0 Å². The van der Waals surface area contributed by atoms with Gasteiger partial charge in [-0.1, -0.05) is 19.1 Å². The number of amides is 1. The summed E-state index contributed by atoms with van der Waals surface area (Å²) in [5.41, 5.74) is 0.425. The number of hydrogen-bond donors (Lipinski definition) is 2. The summed E-state index contributed by atoms with van der Waals surface area (Å²) >= 11 is 0. The summed E-state index contributed by atoms with van der Waals surface area (Å²) in [5.74, 6) is 0.812. The standard InChI is InChI=1S/C16H24N2O2/c1-3-11-20-14-8-5-4-7-13(14)18-15(19)16(2)9-6-10-17-12-16/h4-5,7-8,17H,3,6,9-12H2,1-2H3,(H,18,19). The lowest BCUT2D eigenvalue weighted by molar-refractivity contribution is -0.125. The Kier molecular flexibility index (Phi) is 5.01. The first kappa shape index (κ1) is 14.9. The van der Waals surface area contributed by atoms with E-state index in [1.165, 1.54) is 0 Å². The van der Waals surface area contributed by atoms with Crippen LogP contribution in [0.2, 0.25) is 0 Å². The topological polar surface area (TPSA) is 50.4 Å². The van der Waals surface area contributed by atoms with E-state index in [0.29, 0.717) is 6.61 Å². The Morgan fingerprint density at radius 3 is 2.95 bits per heavy atom. The summed E-state index contributed by atoms with van der Waals surface area (Å²) in [7, 11) is 0. The van der Waals surface area contributed by atoms with Crippen molar-refractivity contribution in [2.75, 3.05) is 25.0 Å². The third kappa shape index (κ3) is 3.51. The monoisotopic (exact) mass is 276 g/mol. The third-order valence-electron chi connectivity index (χ3n) is 3.74. The molecule has 2 rings (SSSR count). The lowest BCUT2D eigenvalue weighted by Crippen LogP contribution is -2.46. The second kappa shape index (κ2) is 6.75. The van der Waals surface area contributed by atoms with Crippen LogP contribution in [0.4, 0.5) is 5.69 Å². The number of hydrogen-bond acceptors (Lipinski definition) is 3. The Morgan fingerprint density at radius 1 is 1.45 bits per heavy atom. The molecule has 20 heavy (non-hydrogen) atoms. The zero-order chi connectivity index (χ0) is 14.4. The average Bonchev–Trinajstić information content (AvgIpc) is 2.47. The van der Waals surface area contributed by atoms with Gasteiger partial charge in [0.25, 0.3) is 0 Å². The Hall–Kier alpha value is -1.55. The second-order valence-electron chi connectivity index (χ2n) is 5.64. The molecular formula is C16H24N2O2. The van der Waals surface area contributed by atoms with Crippen molar-refractivity contribution in [2.45, 2.75) is 33.1 Å². The molecule has 1 aliphatic rings. The van der Waals surface area contributed by atoms with Crippen molar-refractivity contribution in [3.8, 4) is 5.75 Å². The maximum atomic E-state index is 12.5. The number of benzene rings is 1. The van der Waals surface area contributed by atoms with Crippen LogP contribution < -0.4 is 15.4 Å². The molecule has 4 nitrogen and oxygen atoms in total. The predicted molar refractivity (Wildman–Crippen MR) is 81.1 cm³/mol. The normalized spacial score (nSPS) is 22.3. The van der Waals surface area contributed by atoms with Gasteiger partial charge in [0.05, 0.1) is 17.7 Å². The van der Waals surface area contributed by atoms with Gasteiger partial charge in [-0.3, -0.25) is 4.79 Å². The molecule has 0 bridgehead atoms. The molecule has 1 aromatic carbocycles. The lowest BCUT2D eigenvalue weighted by atomic mass is 9.82. The zero-order valence-corrected chi connectivity index (χ0v) is 12.4. The fourth-order valence-electron chi connectivity index (χ4n) is 2.43. The number of nitrogens with one attached hydrogen (secondary N) is 2. The van der Waals surface area contributed by atoms with E-state index in [4.69, 9.17) is 4.74 Å². The van der Waals surface area contributed by atoms with Crippen molar-refractivity contribution in [2.24, 2.45) is 5.41 Å². The average molecular weight is 276 g/mol. The molecule has 4 heteroatoms. The van der Waals surface area contributed by atoms with Crippen molar-refractivity contribution in [3.05, 3.63) is 24.3 Å². The first-order chi connectivity index (χ1) is 9.65. The largest absolute Gasteiger partial charge is 0.491 e. The van der Waals surface area contributed by atoms with Crippen molar-refractivity contribution >= 4 is 11.6 Å². The van der Waals surface area contributed by atoms with Crippen LogP contribution in [-0.4, -0.2) is 25.6 Å². The smallest absolute Gasteiger partial charge is 0.231 e. The van der Waals surface area contributed by atoms with E-state index in [0.717, 1.165) is 43.8 Å². The van der Waals surface area contributed by atoms with Crippen molar-refractivity contribution in [1.82, 2.24) is 5.32 Å². The fraction of sp³-hybridized carbons (Fsp3) is 0.562.